The molecule has 0 aliphatic carbocycles. The minimum atomic E-state index is -0.366. The van der Waals surface area contributed by atoms with Crippen LogP contribution in [0.25, 0.3) is 10.8 Å². The molecule has 0 aliphatic heterocycles. The highest BCUT2D eigenvalue weighted by molar-refractivity contribution is 7.80. The molecule has 1 amide bonds. The SMILES string of the molecule is COc1ccc(NC(=S)NC(=O)c2cc3ccccc3cc2OC)cc1Cl. The van der Waals surface area contributed by atoms with Gasteiger partial charge in [0.25, 0.3) is 5.91 Å². The average Bonchev–Trinajstić information content (AvgIpc) is 2.66. The maximum absolute atomic E-state index is 12.7. The number of carbonyl (C=O) groups excluding carboxylic acids is 1. The number of nitrogens with one attached hydrogen (secondary N) is 2. The van der Waals surface area contributed by atoms with Crippen LogP contribution in [0.5, 0.6) is 11.5 Å². The van der Waals surface area contributed by atoms with Crippen LogP contribution in [-0.2, 0) is 0 Å². The molecule has 0 aliphatic rings. The van der Waals surface area contributed by atoms with E-state index in [2.05, 4.69) is 10.6 Å². The Morgan fingerprint density at radius 1 is 0.963 bits per heavy atom. The van der Waals surface area contributed by atoms with Gasteiger partial charge in [0, 0.05) is 5.69 Å². The summed E-state index contributed by atoms with van der Waals surface area (Å²) < 4.78 is 10.5. The van der Waals surface area contributed by atoms with Gasteiger partial charge in [0.1, 0.15) is 11.5 Å². The first kappa shape index (κ1) is 18.9. The Morgan fingerprint density at radius 3 is 2.26 bits per heavy atom. The molecule has 0 fully saturated rings. The van der Waals surface area contributed by atoms with E-state index in [1.54, 1.807) is 24.3 Å². The Labute approximate surface area is 167 Å². The van der Waals surface area contributed by atoms with Crippen LogP contribution >= 0.6 is 23.8 Å². The van der Waals surface area contributed by atoms with Gasteiger partial charge in [0.15, 0.2) is 5.11 Å². The molecule has 0 spiro atoms. The smallest absolute Gasteiger partial charge is 0.261 e. The fourth-order valence-electron chi connectivity index (χ4n) is 2.64. The third kappa shape index (κ3) is 4.30. The molecule has 5 nitrogen and oxygen atoms in total. The van der Waals surface area contributed by atoms with Crippen molar-refractivity contribution in [2.24, 2.45) is 0 Å². The molecule has 3 aromatic rings. The molecule has 0 saturated carbocycles. The van der Waals surface area contributed by atoms with E-state index in [4.69, 9.17) is 33.3 Å². The summed E-state index contributed by atoms with van der Waals surface area (Å²) >= 11 is 11.3. The Balaban J connectivity index is 1.77. The molecule has 0 radical (unpaired) electrons. The van der Waals surface area contributed by atoms with Gasteiger partial charge in [-0.15, -0.1) is 0 Å². The maximum Gasteiger partial charge on any atom is 0.261 e. The van der Waals surface area contributed by atoms with Gasteiger partial charge in [-0.3, -0.25) is 10.1 Å². The number of thiocarbonyl (C=S) groups is 1. The largest absolute Gasteiger partial charge is 0.496 e. The number of benzene rings is 3. The van der Waals surface area contributed by atoms with Gasteiger partial charge in [-0.1, -0.05) is 35.9 Å². The highest BCUT2D eigenvalue weighted by atomic mass is 35.5. The fraction of sp³-hybridized carbons (Fsp3) is 0.100. The maximum atomic E-state index is 12.7. The van der Waals surface area contributed by atoms with E-state index in [9.17, 15) is 4.79 Å². The van der Waals surface area contributed by atoms with Crippen LogP contribution in [0.1, 0.15) is 10.4 Å². The van der Waals surface area contributed by atoms with Crippen LogP contribution in [0.3, 0.4) is 0 Å². The normalized spacial score (nSPS) is 10.3. The van der Waals surface area contributed by atoms with Crippen molar-refractivity contribution in [1.82, 2.24) is 5.32 Å². The molecule has 138 valence electrons. The molecule has 0 heterocycles. The Bertz CT molecular complexity index is 1020. The molecule has 7 heteroatoms. The highest BCUT2D eigenvalue weighted by Gasteiger charge is 2.15. The first-order valence-electron chi connectivity index (χ1n) is 8.04. The molecule has 0 aromatic heterocycles. The Kier molecular flexibility index (Phi) is 5.78. The van der Waals surface area contributed by atoms with Crippen molar-refractivity contribution >= 4 is 51.3 Å². The molecular formula is C20H17ClN2O3S. The number of halogens is 1. The number of rotatable bonds is 4. The highest BCUT2D eigenvalue weighted by Crippen LogP contribution is 2.28. The number of methoxy groups -OCH3 is 2. The van der Waals surface area contributed by atoms with Crippen molar-refractivity contribution in [2.45, 2.75) is 0 Å². The van der Waals surface area contributed by atoms with E-state index in [1.807, 2.05) is 30.3 Å². The summed E-state index contributed by atoms with van der Waals surface area (Å²) in [5.41, 5.74) is 1.03. The van der Waals surface area contributed by atoms with Crippen molar-refractivity contribution in [3.8, 4) is 11.5 Å². The minimum Gasteiger partial charge on any atom is -0.496 e. The summed E-state index contributed by atoms with van der Waals surface area (Å²) in [4.78, 5) is 12.7. The summed E-state index contributed by atoms with van der Waals surface area (Å²) in [6.07, 6.45) is 0. The number of fused-ring (bicyclic) bond motifs is 1. The van der Waals surface area contributed by atoms with Crippen LogP contribution < -0.4 is 20.1 Å². The van der Waals surface area contributed by atoms with E-state index in [0.717, 1.165) is 10.8 Å². The zero-order valence-electron chi connectivity index (χ0n) is 14.7. The lowest BCUT2D eigenvalue weighted by atomic mass is 10.1. The van der Waals surface area contributed by atoms with E-state index < -0.39 is 0 Å². The molecule has 0 saturated heterocycles. The summed E-state index contributed by atoms with van der Waals surface area (Å²) in [5, 5.41) is 8.09. The van der Waals surface area contributed by atoms with Crippen molar-refractivity contribution in [3.63, 3.8) is 0 Å². The fourth-order valence-corrected chi connectivity index (χ4v) is 3.11. The quantitative estimate of drug-likeness (QED) is 0.625. The summed E-state index contributed by atoms with van der Waals surface area (Å²) in [5.74, 6) is 0.661. The molecule has 3 rings (SSSR count). The predicted molar refractivity (Wildman–Crippen MR) is 112 cm³/mol. The number of hydrogen-bond donors (Lipinski definition) is 2. The van der Waals surface area contributed by atoms with Gasteiger partial charge in [0.05, 0.1) is 24.8 Å². The number of hydrogen-bond acceptors (Lipinski definition) is 4. The van der Waals surface area contributed by atoms with Gasteiger partial charge in [-0.25, -0.2) is 0 Å². The van der Waals surface area contributed by atoms with Crippen LogP contribution in [0.4, 0.5) is 5.69 Å². The third-order valence-electron chi connectivity index (χ3n) is 3.95. The van der Waals surface area contributed by atoms with Gasteiger partial charge in [-0.05, 0) is 53.3 Å². The zero-order chi connectivity index (χ0) is 19.4. The standard InChI is InChI=1S/C20H17ClN2O3S/c1-25-17-8-7-14(11-16(17)21)22-20(27)23-19(24)15-9-12-5-3-4-6-13(12)10-18(15)26-2/h3-11H,1-2H3,(H2,22,23,24,27). The zero-order valence-corrected chi connectivity index (χ0v) is 16.3. The summed E-state index contributed by atoms with van der Waals surface area (Å²) in [6, 6.07) is 16.5. The molecule has 0 atom stereocenters. The van der Waals surface area contributed by atoms with Crippen LogP contribution in [0.15, 0.2) is 54.6 Å². The number of carbonyl (C=O) groups is 1. The molecule has 0 unspecified atom stereocenters. The van der Waals surface area contributed by atoms with Crippen molar-refractivity contribution in [2.75, 3.05) is 19.5 Å². The van der Waals surface area contributed by atoms with E-state index in [0.29, 0.717) is 27.8 Å². The Hall–Kier alpha value is -2.83. The van der Waals surface area contributed by atoms with Gasteiger partial charge in [0.2, 0.25) is 0 Å². The van der Waals surface area contributed by atoms with Gasteiger partial charge < -0.3 is 14.8 Å². The van der Waals surface area contributed by atoms with Crippen molar-refractivity contribution in [3.05, 3.63) is 65.2 Å². The van der Waals surface area contributed by atoms with Gasteiger partial charge in [-0.2, -0.15) is 0 Å². The second kappa shape index (κ2) is 8.24. The summed E-state index contributed by atoms with van der Waals surface area (Å²) in [6.45, 7) is 0. The lowest BCUT2D eigenvalue weighted by Crippen LogP contribution is -2.34. The van der Waals surface area contributed by atoms with E-state index in [-0.39, 0.29) is 11.0 Å². The van der Waals surface area contributed by atoms with Crippen LogP contribution in [0.2, 0.25) is 5.02 Å². The Morgan fingerprint density at radius 2 is 1.63 bits per heavy atom. The second-order valence-corrected chi connectivity index (χ2v) is 6.47. The topological polar surface area (TPSA) is 59.6 Å². The number of anilines is 1. The average molecular weight is 401 g/mol. The van der Waals surface area contributed by atoms with Crippen molar-refractivity contribution in [1.29, 1.82) is 0 Å². The summed E-state index contributed by atoms with van der Waals surface area (Å²) in [7, 11) is 3.06. The lowest BCUT2D eigenvalue weighted by Gasteiger charge is -2.13. The molecule has 2 N–H and O–H groups in total. The monoisotopic (exact) mass is 400 g/mol. The molecule has 27 heavy (non-hydrogen) atoms. The predicted octanol–water partition coefficient (Wildman–Crippen LogP) is 4.64. The number of ether oxygens (including phenoxy) is 2. The van der Waals surface area contributed by atoms with Crippen molar-refractivity contribution < 1.29 is 14.3 Å². The van der Waals surface area contributed by atoms with Crippen LogP contribution in [0, 0.1) is 0 Å². The molecular weight excluding hydrogens is 384 g/mol. The lowest BCUT2D eigenvalue weighted by molar-refractivity contribution is 0.0975. The molecule has 3 aromatic carbocycles. The molecule has 0 bridgehead atoms. The van der Waals surface area contributed by atoms with Crippen LogP contribution in [-0.4, -0.2) is 25.2 Å². The first-order chi connectivity index (χ1) is 13.0. The number of amides is 1. The third-order valence-corrected chi connectivity index (χ3v) is 4.45. The van der Waals surface area contributed by atoms with E-state index in [1.165, 1.54) is 14.2 Å². The first-order valence-corrected chi connectivity index (χ1v) is 8.83. The second-order valence-electron chi connectivity index (χ2n) is 5.66. The van der Waals surface area contributed by atoms with Gasteiger partial charge >= 0.3 is 0 Å². The minimum absolute atomic E-state index is 0.149. The van der Waals surface area contributed by atoms with E-state index >= 15 is 0 Å².